The molecule has 1 aromatic carbocycles. The molecule has 44 heavy (non-hydrogen) atoms. The first-order chi connectivity index (χ1) is 21.0. The van der Waals surface area contributed by atoms with Crippen LogP contribution in [0.2, 0.25) is 0 Å². The maximum Gasteiger partial charge on any atom is 0.167 e. The maximum atomic E-state index is 6.62. The fraction of sp³-hybridized carbons (Fsp3) is 0.625. The molecular weight excluding hydrogens is 560 g/mol. The molecule has 0 radical (unpaired) electrons. The van der Waals surface area contributed by atoms with Gasteiger partial charge in [0.15, 0.2) is 23.5 Å². The van der Waals surface area contributed by atoms with Gasteiger partial charge in [0.2, 0.25) is 0 Å². The van der Waals surface area contributed by atoms with Gasteiger partial charge in [-0.25, -0.2) is 19.9 Å². The lowest BCUT2D eigenvalue weighted by atomic mass is 9.76. The third-order valence-corrected chi connectivity index (χ3v) is 9.70. The Morgan fingerprint density at radius 3 is 2.75 bits per heavy atom. The minimum absolute atomic E-state index is 0.0508. The standard InChI is InChI=1S/C32H44N8O4/c1-31(2,15-41-6)19-8-9-21-22(13-19)38-24(37-21)10-7-18-11-20(12-18)39(5)14-23-26-27(44-32(3,4)43-26)30(42-23)40-17-36-25-28(33)34-16-35-29(25)40/h8-9,13,16-18,20,23,26-27,30H,7,10-12,14-15H2,1-6H3,(H,37,38)(H2,33,34,35)/t18?,20?,23-,26-,27+,30-/m1/s1. The van der Waals surface area contributed by atoms with Gasteiger partial charge in [-0.3, -0.25) is 4.57 Å². The summed E-state index contributed by atoms with van der Waals surface area (Å²) in [4.78, 5) is 23.8. The Hall–Kier alpha value is -3.16. The van der Waals surface area contributed by atoms with Crippen molar-refractivity contribution in [3.63, 3.8) is 0 Å². The molecule has 2 aliphatic heterocycles. The zero-order valence-corrected chi connectivity index (χ0v) is 26.5. The van der Waals surface area contributed by atoms with Gasteiger partial charge < -0.3 is 34.6 Å². The topological polar surface area (TPSA) is 138 Å². The summed E-state index contributed by atoms with van der Waals surface area (Å²) in [5.41, 5.74) is 10.5. The summed E-state index contributed by atoms with van der Waals surface area (Å²) in [6.45, 7) is 9.74. The fourth-order valence-electron chi connectivity index (χ4n) is 7.20. The lowest BCUT2D eigenvalue weighted by Gasteiger charge is -2.42. The monoisotopic (exact) mass is 604 g/mol. The van der Waals surface area contributed by atoms with Crippen LogP contribution in [0.4, 0.5) is 5.82 Å². The Bertz CT molecular complexity index is 1640. The SMILES string of the molecule is COCC(C)(C)c1ccc2[nH]c(CCC3CC(N(C)C[C@H]4O[C@@H](n5cnc6c(N)ncnc65)[C@H]5OC(C)(C)O[C@@H]54)C3)nc2c1. The third-order valence-electron chi connectivity index (χ3n) is 9.70. The number of hydrogen-bond donors (Lipinski definition) is 2. The van der Waals surface area contributed by atoms with Gasteiger partial charge in [0.1, 0.15) is 36.0 Å². The van der Waals surface area contributed by atoms with Crippen LogP contribution in [0.15, 0.2) is 30.9 Å². The van der Waals surface area contributed by atoms with Gasteiger partial charge in [0.25, 0.3) is 0 Å². The minimum atomic E-state index is -0.696. The van der Waals surface area contributed by atoms with Crippen molar-refractivity contribution in [2.75, 3.05) is 33.0 Å². The van der Waals surface area contributed by atoms with Crippen LogP contribution in [0.25, 0.3) is 22.2 Å². The van der Waals surface area contributed by atoms with Crippen molar-refractivity contribution in [1.29, 1.82) is 0 Å². The largest absolute Gasteiger partial charge is 0.384 e. The Morgan fingerprint density at radius 2 is 1.95 bits per heavy atom. The van der Waals surface area contributed by atoms with E-state index in [-0.39, 0.29) is 23.7 Å². The van der Waals surface area contributed by atoms with Gasteiger partial charge in [0.05, 0.1) is 24.0 Å². The molecule has 0 spiro atoms. The summed E-state index contributed by atoms with van der Waals surface area (Å²) >= 11 is 0. The van der Waals surface area contributed by atoms with E-state index < -0.39 is 12.0 Å². The van der Waals surface area contributed by atoms with Crippen molar-refractivity contribution >= 4 is 28.0 Å². The van der Waals surface area contributed by atoms with Crippen molar-refractivity contribution < 1.29 is 18.9 Å². The molecule has 12 heteroatoms. The Morgan fingerprint density at radius 1 is 1.16 bits per heavy atom. The number of fused-ring (bicyclic) bond motifs is 3. The number of benzene rings is 1. The number of anilines is 1. The highest BCUT2D eigenvalue weighted by Gasteiger charge is 2.56. The molecular formula is C32H44N8O4. The van der Waals surface area contributed by atoms with E-state index in [1.54, 1.807) is 13.4 Å². The van der Waals surface area contributed by atoms with E-state index in [0.29, 0.717) is 35.5 Å². The van der Waals surface area contributed by atoms with E-state index in [4.69, 9.17) is 29.7 Å². The summed E-state index contributed by atoms with van der Waals surface area (Å²) in [6.07, 6.45) is 6.53. The zero-order chi connectivity index (χ0) is 30.8. The van der Waals surface area contributed by atoms with Gasteiger partial charge in [0, 0.05) is 31.5 Å². The summed E-state index contributed by atoms with van der Waals surface area (Å²) in [6, 6.07) is 7.03. The maximum absolute atomic E-state index is 6.62. The smallest absolute Gasteiger partial charge is 0.167 e. The molecule has 3 N–H and O–H groups in total. The van der Waals surface area contributed by atoms with E-state index >= 15 is 0 Å². The van der Waals surface area contributed by atoms with Gasteiger partial charge in [-0.15, -0.1) is 0 Å². The molecule has 2 saturated heterocycles. The van der Waals surface area contributed by atoms with E-state index in [9.17, 15) is 0 Å². The molecule has 0 unspecified atom stereocenters. The van der Waals surface area contributed by atoms with Crippen molar-refractivity contribution in [2.45, 2.75) is 95.2 Å². The van der Waals surface area contributed by atoms with Crippen molar-refractivity contribution in [2.24, 2.45) is 5.92 Å². The minimum Gasteiger partial charge on any atom is -0.384 e. The Kier molecular flexibility index (Phi) is 7.40. The van der Waals surface area contributed by atoms with Gasteiger partial charge in [-0.05, 0) is 63.8 Å². The molecule has 4 atom stereocenters. The van der Waals surface area contributed by atoms with Crippen LogP contribution < -0.4 is 5.73 Å². The van der Waals surface area contributed by atoms with Crippen LogP contribution in [-0.4, -0.2) is 91.8 Å². The number of nitrogens with zero attached hydrogens (tertiary/aromatic N) is 6. The Labute approximate surface area is 257 Å². The molecule has 0 amide bonds. The quantitative estimate of drug-likeness (QED) is 0.273. The van der Waals surface area contributed by atoms with Gasteiger partial charge in [-0.1, -0.05) is 19.9 Å². The highest BCUT2D eigenvalue weighted by atomic mass is 16.8. The lowest BCUT2D eigenvalue weighted by Crippen LogP contribution is -2.48. The first-order valence-corrected chi connectivity index (χ1v) is 15.6. The number of nitrogen functional groups attached to an aromatic ring is 1. The second kappa shape index (κ2) is 11.0. The molecule has 3 aliphatic rings. The Balaban J connectivity index is 0.954. The molecule has 0 bridgehead atoms. The van der Waals surface area contributed by atoms with Crippen molar-refractivity contribution in [3.8, 4) is 0 Å². The average molecular weight is 605 g/mol. The molecule has 3 aromatic heterocycles. The molecule has 3 fully saturated rings. The fourth-order valence-corrected chi connectivity index (χ4v) is 7.20. The summed E-state index contributed by atoms with van der Waals surface area (Å²) in [7, 11) is 3.94. The molecule has 7 rings (SSSR count). The van der Waals surface area contributed by atoms with E-state index in [1.807, 2.05) is 18.4 Å². The van der Waals surface area contributed by atoms with Crippen molar-refractivity contribution in [1.82, 2.24) is 34.4 Å². The predicted molar refractivity (Wildman–Crippen MR) is 166 cm³/mol. The first kappa shape index (κ1) is 29.5. The third kappa shape index (κ3) is 5.36. The average Bonchev–Trinajstić information content (AvgIpc) is 3.69. The van der Waals surface area contributed by atoms with Crippen LogP contribution in [-0.2, 0) is 30.8 Å². The molecule has 1 saturated carbocycles. The number of aryl methyl sites for hydroxylation is 1. The van der Waals surface area contributed by atoms with E-state index in [1.165, 1.54) is 24.7 Å². The van der Waals surface area contributed by atoms with Crippen LogP contribution in [0.3, 0.4) is 0 Å². The van der Waals surface area contributed by atoms with E-state index in [0.717, 1.165) is 36.2 Å². The zero-order valence-electron chi connectivity index (χ0n) is 26.5. The first-order valence-electron chi connectivity index (χ1n) is 15.6. The number of methoxy groups -OCH3 is 1. The molecule has 236 valence electrons. The number of rotatable bonds is 10. The van der Waals surface area contributed by atoms with Gasteiger partial charge in [-0.2, -0.15) is 0 Å². The summed E-state index contributed by atoms with van der Waals surface area (Å²) in [5.74, 6) is 1.40. The van der Waals surface area contributed by atoms with Crippen LogP contribution >= 0.6 is 0 Å². The summed E-state index contributed by atoms with van der Waals surface area (Å²) in [5, 5.41) is 0. The number of ether oxygens (including phenoxy) is 4. The highest BCUT2D eigenvalue weighted by Crippen LogP contribution is 2.45. The number of imidazole rings is 2. The van der Waals surface area contributed by atoms with Gasteiger partial charge >= 0.3 is 0 Å². The number of aromatic amines is 1. The number of likely N-dealkylation sites (N-methyl/N-ethyl adjacent to an activating group) is 1. The molecule has 1 aliphatic carbocycles. The van der Waals surface area contributed by atoms with Crippen LogP contribution in [0.1, 0.15) is 64.6 Å². The number of nitrogens with one attached hydrogen (secondary N) is 1. The number of nitrogens with two attached hydrogens (primary N) is 1. The highest BCUT2D eigenvalue weighted by molar-refractivity contribution is 5.81. The number of aromatic nitrogens is 6. The molecule has 5 heterocycles. The predicted octanol–water partition coefficient (Wildman–Crippen LogP) is 3.97. The number of hydrogen-bond acceptors (Lipinski definition) is 10. The number of H-pyrrole nitrogens is 1. The normalized spacial score (nSPS) is 28.2. The van der Waals surface area contributed by atoms with E-state index in [2.05, 4.69) is 63.9 Å². The summed E-state index contributed by atoms with van der Waals surface area (Å²) < 4.78 is 26.7. The second-order valence-electron chi connectivity index (χ2n) is 13.9. The lowest BCUT2D eigenvalue weighted by molar-refractivity contribution is -0.198. The van der Waals surface area contributed by atoms with Crippen LogP contribution in [0, 0.1) is 5.92 Å². The molecule has 12 nitrogen and oxygen atoms in total. The van der Waals surface area contributed by atoms with Crippen molar-refractivity contribution in [3.05, 3.63) is 42.2 Å². The van der Waals surface area contributed by atoms with Crippen LogP contribution in [0.5, 0.6) is 0 Å². The second-order valence-corrected chi connectivity index (χ2v) is 13.9. The molecule has 4 aromatic rings.